The fraction of sp³-hybridized carbons (Fsp3) is 0.500. The van der Waals surface area contributed by atoms with Gasteiger partial charge >= 0.3 is 12.0 Å². The highest BCUT2D eigenvalue weighted by molar-refractivity contribution is 7.09. The van der Waals surface area contributed by atoms with E-state index in [1.807, 2.05) is 17.5 Å². The molecule has 1 aliphatic rings. The number of urea groups is 1. The van der Waals surface area contributed by atoms with E-state index >= 15 is 0 Å². The Bertz CT molecular complexity index is 542. The largest absolute Gasteiger partial charge is 0.480 e. The maximum absolute atomic E-state index is 11.9. The zero-order valence-corrected chi connectivity index (χ0v) is 13.1. The van der Waals surface area contributed by atoms with Gasteiger partial charge in [-0.1, -0.05) is 6.07 Å². The summed E-state index contributed by atoms with van der Waals surface area (Å²) in [4.78, 5) is 37.2. The second-order valence-electron chi connectivity index (χ2n) is 5.23. The van der Waals surface area contributed by atoms with E-state index in [-0.39, 0.29) is 12.6 Å². The van der Waals surface area contributed by atoms with Crippen molar-refractivity contribution in [3.63, 3.8) is 0 Å². The van der Waals surface area contributed by atoms with Crippen LogP contribution in [0.3, 0.4) is 0 Å². The molecule has 1 saturated carbocycles. The molecule has 1 fully saturated rings. The van der Waals surface area contributed by atoms with Crippen molar-refractivity contribution in [2.45, 2.75) is 38.4 Å². The van der Waals surface area contributed by atoms with E-state index in [4.69, 9.17) is 5.11 Å². The lowest BCUT2D eigenvalue weighted by molar-refractivity contribution is -0.143. The van der Waals surface area contributed by atoms with Gasteiger partial charge in [0.2, 0.25) is 5.91 Å². The van der Waals surface area contributed by atoms with Crippen molar-refractivity contribution in [1.29, 1.82) is 0 Å². The zero-order valence-electron chi connectivity index (χ0n) is 12.2. The molecule has 2 rings (SSSR count). The molecule has 0 bridgehead atoms. The van der Waals surface area contributed by atoms with E-state index in [1.165, 1.54) is 11.3 Å². The van der Waals surface area contributed by atoms with Crippen LogP contribution in [-0.2, 0) is 16.1 Å². The second-order valence-corrected chi connectivity index (χ2v) is 6.26. The van der Waals surface area contributed by atoms with Gasteiger partial charge in [0.05, 0.1) is 13.1 Å². The van der Waals surface area contributed by atoms with Crippen LogP contribution in [0, 0.1) is 0 Å². The lowest BCUT2D eigenvalue weighted by atomic mass is 10.2. The van der Waals surface area contributed by atoms with E-state index in [1.54, 1.807) is 11.8 Å². The predicted octanol–water partition coefficient (Wildman–Crippen LogP) is 1.01. The van der Waals surface area contributed by atoms with Crippen molar-refractivity contribution in [2.24, 2.45) is 0 Å². The quantitative estimate of drug-likeness (QED) is 0.695. The molecule has 22 heavy (non-hydrogen) atoms. The van der Waals surface area contributed by atoms with E-state index in [0.29, 0.717) is 6.54 Å². The first-order valence-corrected chi connectivity index (χ1v) is 7.94. The van der Waals surface area contributed by atoms with Gasteiger partial charge in [-0.2, -0.15) is 0 Å². The lowest BCUT2D eigenvalue weighted by Crippen LogP contribution is -2.49. The van der Waals surface area contributed by atoms with Crippen molar-refractivity contribution in [3.05, 3.63) is 22.4 Å². The molecule has 7 nitrogen and oxygen atoms in total. The molecule has 0 radical (unpaired) electrons. The van der Waals surface area contributed by atoms with Crippen LogP contribution >= 0.6 is 11.3 Å². The molecule has 0 spiro atoms. The van der Waals surface area contributed by atoms with Gasteiger partial charge in [-0.25, -0.2) is 4.79 Å². The number of carbonyl (C=O) groups excluding carboxylic acids is 2. The van der Waals surface area contributed by atoms with Crippen LogP contribution in [0.25, 0.3) is 0 Å². The Morgan fingerprint density at radius 3 is 2.73 bits per heavy atom. The standard InChI is InChI=1S/C14H19N3O4S/c1-9(13(19)20)17(10-4-5-10)8-12(18)16-14(21)15-7-11-3-2-6-22-11/h2-3,6,9-10H,4-5,7-8H2,1H3,(H,19,20)(H2,15,16,18,21). The molecular weight excluding hydrogens is 306 g/mol. The van der Waals surface area contributed by atoms with E-state index < -0.39 is 23.9 Å². The molecule has 0 aromatic carbocycles. The Morgan fingerprint density at radius 2 is 2.18 bits per heavy atom. The predicted molar refractivity (Wildman–Crippen MR) is 81.5 cm³/mol. The molecule has 1 heterocycles. The van der Waals surface area contributed by atoms with Crippen LogP contribution in [0.1, 0.15) is 24.6 Å². The smallest absolute Gasteiger partial charge is 0.321 e. The number of carboxylic acids is 1. The minimum absolute atomic E-state index is 0.0927. The average Bonchev–Trinajstić information content (AvgIpc) is 3.17. The van der Waals surface area contributed by atoms with Crippen LogP contribution < -0.4 is 10.6 Å². The maximum atomic E-state index is 11.9. The first-order valence-electron chi connectivity index (χ1n) is 7.06. The summed E-state index contributed by atoms with van der Waals surface area (Å²) >= 11 is 1.51. The summed E-state index contributed by atoms with van der Waals surface area (Å²) in [7, 11) is 0. The number of carbonyl (C=O) groups is 3. The minimum atomic E-state index is -0.971. The Labute approximate surface area is 132 Å². The lowest BCUT2D eigenvalue weighted by Gasteiger charge is -2.25. The minimum Gasteiger partial charge on any atom is -0.480 e. The summed E-state index contributed by atoms with van der Waals surface area (Å²) in [5.41, 5.74) is 0. The highest BCUT2D eigenvalue weighted by Gasteiger charge is 2.36. The number of aliphatic carboxylic acids is 1. The molecule has 1 aliphatic carbocycles. The summed E-state index contributed by atoms with van der Waals surface area (Å²) in [5.74, 6) is -1.47. The fourth-order valence-electron chi connectivity index (χ4n) is 2.09. The van der Waals surface area contributed by atoms with Crippen molar-refractivity contribution >= 4 is 29.2 Å². The van der Waals surface area contributed by atoms with Crippen LogP contribution in [0.5, 0.6) is 0 Å². The van der Waals surface area contributed by atoms with Crippen LogP contribution in [0.4, 0.5) is 4.79 Å². The van der Waals surface area contributed by atoms with Gasteiger partial charge in [-0.05, 0) is 31.2 Å². The number of nitrogens with one attached hydrogen (secondary N) is 2. The number of imide groups is 1. The van der Waals surface area contributed by atoms with E-state index in [0.717, 1.165) is 17.7 Å². The molecule has 3 amide bonds. The molecule has 8 heteroatoms. The normalized spacial score (nSPS) is 15.4. The molecule has 1 aromatic rings. The van der Waals surface area contributed by atoms with Crippen molar-refractivity contribution in [1.82, 2.24) is 15.5 Å². The number of carboxylic acid groups (broad SMARTS) is 1. The van der Waals surface area contributed by atoms with E-state index in [9.17, 15) is 14.4 Å². The van der Waals surface area contributed by atoms with Crippen molar-refractivity contribution < 1.29 is 19.5 Å². The van der Waals surface area contributed by atoms with Gasteiger partial charge in [0, 0.05) is 10.9 Å². The summed E-state index contributed by atoms with van der Waals surface area (Å²) in [6.07, 6.45) is 1.77. The van der Waals surface area contributed by atoms with Crippen molar-refractivity contribution in [2.75, 3.05) is 6.54 Å². The Hall–Kier alpha value is -1.93. The van der Waals surface area contributed by atoms with Gasteiger partial charge in [0.25, 0.3) is 0 Å². The Kier molecular flexibility index (Phi) is 5.51. The molecule has 120 valence electrons. The fourth-order valence-corrected chi connectivity index (χ4v) is 2.73. The Balaban J connectivity index is 1.78. The van der Waals surface area contributed by atoms with Gasteiger partial charge in [-0.3, -0.25) is 19.8 Å². The summed E-state index contributed by atoms with van der Waals surface area (Å²) in [6.45, 7) is 1.81. The summed E-state index contributed by atoms with van der Waals surface area (Å²) < 4.78 is 0. The highest BCUT2D eigenvalue weighted by Crippen LogP contribution is 2.28. The number of rotatable bonds is 7. The van der Waals surface area contributed by atoms with Crippen LogP contribution in [0.15, 0.2) is 17.5 Å². The number of amides is 3. The third-order valence-electron chi connectivity index (χ3n) is 3.45. The SMILES string of the molecule is CC(C(=O)O)N(CC(=O)NC(=O)NCc1cccs1)C1CC1. The molecule has 1 aromatic heterocycles. The van der Waals surface area contributed by atoms with Gasteiger partial charge in [0.15, 0.2) is 0 Å². The molecule has 1 atom stereocenters. The number of nitrogens with zero attached hydrogens (tertiary/aromatic N) is 1. The number of hydrogen-bond acceptors (Lipinski definition) is 5. The van der Waals surface area contributed by atoms with Crippen LogP contribution in [0.2, 0.25) is 0 Å². The number of hydrogen-bond donors (Lipinski definition) is 3. The van der Waals surface area contributed by atoms with Gasteiger partial charge in [0.1, 0.15) is 6.04 Å². The van der Waals surface area contributed by atoms with Gasteiger partial charge in [-0.15, -0.1) is 11.3 Å². The van der Waals surface area contributed by atoms with Gasteiger partial charge < -0.3 is 10.4 Å². The topological polar surface area (TPSA) is 98.7 Å². The summed E-state index contributed by atoms with van der Waals surface area (Å²) in [6, 6.07) is 2.57. The molecule has 1 unspecified atom stereocenters. The molecule has 3 N–H and O–H groups in total. The first-order chi connectivity index (χ1) is 10.5. The Morgan fingerprint density at radius 1 is 1.45 bits per heavy atom. The van der Waals surface area contributed by atoms with Crippen LogP contribution in [-0.4, -0.2) is 46.5 Å². The second kappa shape index (κ2) is 7.37. The van der Waals surface area contributed by atoms with E-state index in [2.05, 4.69) is 10.6 Å². The maximum Gasteiger partial charge on any atom is 0.321 e. The first kappa shape index (κ1) is 16.4. The average molecular weight is 325 g/mol. The monoisotopic (exact) mass is 325 g/mol. The zero-order chi connectivity index (χ0) is 16.1. The van der Waals surface area contributed by atoms with Crippen molar-refractivity contribution in [3.8, 4) is 0 Å². The highest BCUT2D eigenvalue weighted by atomic mass is 32.1. The third kappa shape index (κ3) is 4.81. The molecular formula is C14H19N3O4S. The molecule has 0 aliphatic heterocycles. The molecule has 0 saturated heterocycles. The third-order valence-corrected chi connectivity index (χ3v) is 4.33. The summed E-state index contributed by atoms with van der Waals surface area (Å²) in [5, 5.41) is 15.8. The number of thiophene rings is 1.